The molecular formula is C17H19BClNO3. The van der Waals surface area contributed by atoms with Crippen LogP contribution in [-0.2, 0) is 6.42 Å². The molecule has 23 heavy (non-hydrogen) atoms. The Hall–Kier alpha value is -1.82. The van der Waals surface area contributed by atoms with Crippen molar-refractivity contribution in [3.63, 3.8) is 0 Å². The number of anilines is 1. The smallest absolute Gasteiger partial charge is 0.423 e. The lowest BCUT2D eigenvalue weighted by Crippen LogP contribution is -2.31. The van der Waals surface area contributed by atoms with Crippen molar-refractivity contribution in [2.75, 3.05) is 5.32 Å². The van der Waals surface area contributed by atoms with Gasteiger partial charge >= 0.3 is 7.12 Å². The van der Waals surface area contributed by atoms with Gasteiger partial charge in [-0.2, -0.15) is 0 Å². The van der Waals surface area contributed by atoms with Gasteiger partial charge in [0.05, 0.1) is 0 Å². The van der Waals surface area contributed by atoms with Crippen molar-refractivity contribution < 1.29 is 14.8 Å². The molecule has 120 valence electrons. The van der Waals surface area contributed by atoms with Crippen LogP contribution in [0, 0.1) is 5.92 Å². The van der Waals surface area contributed by atoms with Crippen molar-refractivity contribution >= 4 is 35.8 Å². The van der Waals surface area contributed by atoms with E-state index in [2.05, 4.69) is 19.2 Å². The molecule has 0 aliphatic carbocycles. The number of benzene rings is 2. The molecule has 0 unspecified atom stereocenters. The predicted molar refractivity (Wildman–Crippen MR) is 94.2 cm³/mol. The van der Waals surface area contributed by atoms with Crippen LogP contribution in [0.1, 0.15) is 29.8 Å². The Balaban J connectivity index is 2.08. The van der Waals surface area contributed by atoms with E-state index >= 15 is 0 Å². The molecule has 2 rings (SSSR count). The molecule has 0 aromatic heterocycles. The van der Waals surface area contributed by atoms with E-state index in [9.17, 15) is 4.79 Å². The average Bonchev–Trinajstić information content (AvgIpc) is 2.48. The fourth-order valence-corrected chi connectivity index (χ4v) is 2.55. The third-order valence-corrected chi connectivity index (χ3v) is 3.72. The quantitative estimate of drug-likeness (QED) is 0.737. The first-order chi connectivity index (χ1) is 10.9. The summed E-state index contributed by atoms with van der Waals surface area (Å²) < 4.78 is 0. The van der Waals surface area contributed by atoms with Gasteiger partial charge in [0.2, 0.25) is 0 Å². The van der Waals surface area contributed by atoms with Gasteiger partial charge in [0, 0.05) is 21.7 Å². The molecular weight excluding hydrogens is 312 g/mol. The largest absolute Gasteiger partial charge is 0.489 e. The molecule has 0 bridgehead atoms. The van der Waals surface area contributed by atoms with E-state index < -0.39 is 7.12 Å². The van der Waals surface area contributed by atoms with Crippen LogP contribution in [0.4, 0.5) is 5.69 Å². The molecule has 0 heterocycles. The molecule has 2 aromatic rings. The van der Waals surface area contributed by atoms with E-state index in [1.165, 1.54) is 23.8 Å². The van der Waals surface area contributed by atoms with Gasteiger partial charge in [-0.3, -0.25) is 4.79 Å². The van der Waals surface area contributed by atoms with Gasteiger partial charge in [-0.05, 0) is 42.2 Å². The van der Waals surface area contributed by atoms with Gasteiger partial charge in [-0.1, -0.05) is 43.6 Å². The molecule has 0 atom stereocenters. The SMILES string of the molecule is CC(C)Cc1ccc(NC(=O)c2ccc(B(O)O)c(Cl)c2)cc1. The summed E-state index contributed by atoms with van der Waals surface area (Å²) in [7, 11) is -1.66. The maximum Gasteiger partial charge on any atom is 0.489 e. The highest BCUT2D eigenvalue weighted by molar-refractivity contribution is 6.62. The molecule has 6 heteroatoms. The monoisotopic (exact) mass is 331 g/mol. The molecule has 0 spiro atoms. The van der Waals surface area contributed by atoms with Gasteiger partial charge in [-0.15, -0.1) is 0 Å². The number of amides is 1. The van der Waals surface area contributed by atoms with E-state index in [-0.39, 0.29) is 16.4 Å². The van der Waals surface area contributed by atoms with Gasteiger partial charge in [-0.25, -0.2) is 0 Å². The average molecular weight is 332 g/mol. The maximum atomic E-state index is 12.2. The Kier molecular flexibility index (Phi) is 5.83. The van der Waals surface area contributed by atoms with Crippen LogP contribution in [0.5, 0.6) is 0 Å². The number of hydrogen-bond acceptors (Lipinski definition) is 3. The minimum Gasteiger partial charge on any atom is -0.423 e. The molecule has 0 aliphatic rings. The van der Waals surface area contributed by atoms with E-state index in [0.29, 0.717) is 17.2 Å². The highest BCUT2D eigenvalue weighted by atomic mass is 35.5. The zero-order valence-corrected chi connectivity index (χ0v) is 13.8. The van der Waals surface area contributed by atoms with Crippen molar-refractivity contribution in [1.82, 2.24) is 0 Å². The number of rotatable bonds is 5. The summed E-state index contributed by atoms with van der Waals surface area (Å²) in [4.78, 5) is 12.2. The Morgan fingerprint density at radius 1 is 1.17 bits per heavy atom. The van der Waals surface area contributed by atoms with E-state index in [1.807, 2.05) is 24.3 Å². The van der Waals surface area contributed by atoms with E-state index in [0.717, 1.165) is 6.42 Å². The second-order valence-corrected chi connectivity index (χ2v) is 6.27. The zero-order valence-electron chi connectivity index (χ0n) is 13.1. The standard InChI is InChI=1S/C17H19BClNO3/c1-11(2)9-12-3-6-14(7-4-12)20-17(21)13-5-8-15(18(22)23)16(19)10-13/h3-8,10-11,22-23H,9H2,1-2H3,(H,20,21). The summed E-state index contributed by atoms with van der Waals surface area (Å²) in [6, 6.07) is 12.1. The van der Waals surface area contributed by atoms with Gasteiger partial charge < -0.3 is 15.4 Å². The van der Waals surface area contributed by atoms with Crippen LogP contribution in [0.15, 0.2) is 42.5 Å². The normalized spacial score (nSPS) is 10.7. The molecule has 0 fully saturated rings. The van der Waals surface area contributed by atoms with Gasteiger partial charge in [0.15, 0.2) is 0 Å². The summed E-state index contributed by atoms with van der Waals surface area (Å²) in [5.41, 5.74) is 2.44. The number of carbonyl (C=O) groups excluding carboxylic acids is 1. The lowest BCUT2D eigenvalue weighted by molar-refractivity contribution is 0.102. The fraction of sp³-hybridized carbons (Fsp3) is 0.235. The molecule has 4 nitrogen and oxygen atoms in total. The van der Waals surface area contributed by atoms with Crippen molar-refractivity contribution in [2.45, 2.75) is 20.3 Å². The molecule has 0 aliphatic heterocycles. The third kappa shape index (κ3) is 4.83. The van der Waals surface area contributed by atoms with Gasteiger partial charge in [0.1, 0.15) is 0 Å². The van der Waals surface area contributed by atoms with Crippen LogP contribution in [0.25, 0.3) is 0 Å². The summed E-state index contributed by atoms with van der Waals surface area (Å²) in [6.07, 6.45) is 0.995. The molecule has 3 N–H and O–H groups in total. The molecule has 2 aromatic carbocycles. The lowest BCUT2D eigenvalue weighted by atomic mass is 9.80. The van der Waals surface area contributed by atoms with Crippen LogP contribution < -0.4 is 10.8 Å². The summed E-state index contributed by atoms with van der Waals surface area (Å²) >= 11 is 5.94. The van der Waals surface area contributed by atoms with Crippen molar-refractivity contribution in [1.29, 1.82) is 0 Å². The molecule has 0 saturated carbocycles. The van der Waals surface area contributed by atoms with E-state index in [4.69, 9.17) is 21.6 Å². The van der Waals surface area contributed by atoms with Crippen LogP contribution in [0.2, 0.25) is 5.02 Å². The van der Waals surface area contributed by atoms with Crippen LogP contribution >= 0.6 is 11.6 Å². The topological polar surface area (TPSA) is 69.6 Å². The first-order valence-electron chi connectivity index (χ1n) is 7.42. The van der Waals surface area contributed by atoms with Crippen molar-refractivity contribution in [3.05, 3.63) is 58.6 Å². The number of nitrogens with one attached hydrogen (secondary N) is 1. The first kappa shape index (κ1) is 17.5. The molecule has 0 radical (unpaired) electrons. The highest BCUT2D eigenvalue weighted by Crippen LogP contribution is 2.15. The molecule has 0 saturated heterocycles. The lowest BCUT2D eigenvalue weighted by Gasteiger charge is -2.09. The number of halogens is 1. The summed E-state index contributed by atoms with van der Waals surface area (Å²) in [5.74, 6) is 0.278. The van der Waals surface area contributed by atoms with Crippen LogP contribution in [0.3, 0.4) is 0 Å². The van der Waals surface area contributed by atoms with E-state index in [1.54, 1.807) is 0 Å². The number of carbonyl (C=O) groups is 1. The minimum atomic E-state index is -1.66. The minimum absolute atomic E-state index is 0.139. The Labute approximate surface area is 141 Å². The third-order valence-electron chi connectivity index (χ3n) is 3.40. The predicted octanol–water partition coefficient (Wildman–Crippen LogP) is 2.47. The Morgan fingerprint density at radius 2 is 1.83 bits per heavy atom. The Bertz CT molecular complexity index is 687. The van der Waals surface area contributed by atoms with Gasteiger partial charge in [0.25, 0.3) is 5.91 Å². The summed E-state index contributed by atoms with van der Waals surface area (Å²) in [5, 5.41) is 21.2. The van der Waals surface area contributed by atoms with Crippen molar-refractivity contribution in [3.8, 4) is 0 Å². The second-order valence-electron chi connectivity index (χ2n) is 5.86. The Morgan fingerprint density at radius 3 is 2.35 bits per heavy atom. The highest BCUT2D eigenvalue weighted by Gasteiger charge is 2.17. The summed E-state index contributed by atoms with van der Waals surface area (Å²) in [6.45, 7) is 4.32. The molecule has 1 amide bonds. The fourth-order valence-electron chi connectivity index (χ4n) is 2.28. The second kappa shape index (κ2) is 7.64. The van der Waals surface area contributed by atoms with Crippen molar-refractivity contribution in [2.24, 2.45) is 5.92 Å². The number of hydrogen-bond donors (Lipinski definition) is 3. The zero-order chi connectivity index (χ0) is 17.0. The van der Waals surface area contributed by atoms with Crippen LogP contribution in [-0.4, -0.2) is 23.1 Å². The maximum absolute atomic E-state index is 12.2. The first-order valence-corrected chi connectivity index (χ1v) is 7.80.